The van der Waals surface area contributed by atoms with E-state index in [4.69, 9.17) is 21.7 Å². The number of fused-ring (bicyclic) bond motifs is 1. The average molecular weight is 403 g/mol. The minimum Gasteiger partial charge on any atom is -0.497 e. The molecule has 0 spiro atoms. The molecule has 3 aromatic rings. The van der Waals surface area contributed by atoms with E-state index >= 15 is 0 Å². The van der Waals surface area contributed by atoms with Gasteiger partial charge in [0.2, 0.25) is 0 Å². The first-order chi connectivity index (χ1) is 14.2. The van der Waals surface area contributed by atoms with Crippen LogP contribution in [0, 0.1) is 0 Å². The first kappa shape index (κ1) is 18.0. The number of ether oxygens (including phenoxy) is 2. The van der Waals surface area contributed by atoms with Crippen LogP contribution in [0.5, 0.6) is 5.75 Å². The van der Waals surface area contributed by atoms with Gasteiger partial charge in [0.1, 0.15) is 11.3 Å². The molecule has 2 atom stereocenters. The highest BCUT2D eigenvalue weighted by atomic mass is 32.1. The first-order valence-corrected chi connectivity index (χ1v) is 10.1. The van der Waals surface area contributed by atoms with Crippen LogP contribution in [-0.2, 0) is 15.9 Å². The van der Waals surface area contributed by atoms with Crippen molar-refractivity contribution >= 4 is 23.1 Å². The summed E-state index contributed by atoms with van der Waals surface area (Å²) in [4.78, 5) is 2.36. The number of methoxy groups -OCH3 is 1. The van der Waals surface area contributed by atoms with E-state index in [2.05, 4.69) is 70.9 Å². The molecule has 29 heavy (non-hydrogen) atoms. The van der Waals surface area contributed by atoms with Crippen molar-refractivity contribution in [2.24, 2.45) is 0 Å². The van der Waals surface area contributed by atoms with Gasteiger partial charge in [-0.1, -0.05) is 60.7 Å². The lowest BCUT2D eigenvalue weighted by Crippen LogP contribution is -2.51. The van der Waals surface area contributed by atoms with E-state index in [0.29, 0.717) is 11.7 Å². The van der Waals surface area contributed by atoms with Crippen LogP contribution >= 0.6 is 12.2 Å². The number of rotatable bonds is 4. The van der Waals surface area contributed by atoms with E-state index in [1.807, 2.05) is 24.3 Å². The van der Waals surface area contributed by atoms with E-state index in [9.17, 15) is 0 Å². The van der Waals surface area contributed by atoms with Gasteiger partial charge >= 0.3 is 0 Å². The van der Waals surface area contributed by atoms with Crippen LogP contribution in [0.4, 0.5) is 5.69 Å². The molecule has 0 radical (unpaired) electrons. The van der Waals surface area contributed by atoms with E-state index < -0.39 is 11.1 Å². The van der Waals surface area contributed by atoms with Crippen molar-refractivity contribution in [1.29, 1.82) is 0 Å². The third kappa shape index (κ3) is 2.69. The smallest absolute Gasteiger partial charge is 0.258 e. The highest BCUT2D eigenvalue weighted by Crippen LogP contribution is 2.53. The van der Waals surface area contributed by atoms with Crippen LogP contribution < -0.4 is 15.0 Å². The number of anilines is 1. The van der Waals surface area contributed by atoms with Crippen molar-refractivity contribution in [1.82, 2.24) is 5.32 Å². The molecule has 3 aromatic carbocycles. The predicted octanol–water partition coefficient (Wildman–Crippen LogP) is 4.21. The van der Waals surface area contributed by atoms with Gasteiger partial charge in [-0.05, 0) is 42.0 Å². The summed E-state index contributed by atoms with van der Waals surface area (Å²) in [5.74, 6) is 0.847. The fourth-order valence-corrected chi connectivity index (χ4v) is 5.01. The number of hydrogen-bond donors (Lipinski definition) is 1. The number of hydrogen-bond acceptors (Lipinski definition) is 4. The highest BCUT2D eigenvalue weighted by Gasteiger charge is 2.66. The molecule has 2 heterocycles. The molecule has 0 aromatic heterocycles. The van der Waals surface area contributed by atoms with Crippen molar-refractivity contribution in [2.45, 2.75) is 11.1 Å². The lowest BCUT2D eigenvalue weighted by molar-refractivity contribution is 0.0498. The van der Waals surface area contributed by atoms with E-state index in [-0.39, 0.29) is 0 Å². The van der Waals surface area contributed by atoms with Crippen molar-refractivity contribution < 1.29 is 9.47 Å². The molecule has 146 valence electrons. The van der Waals surface area contributed by atoms with Crippen LogP contribution in [0.3, 0.4) is 0 Å². The zero-order chi connectivity index (χ0) is 19.9. The zero-order valence-corrected chi connectivity index (χ0v) is 17.0. The molecule has 2 saturated heterocycles. The monoisotopic (exact) mass is 402 g/mol. The summed E-state index contributed by atoms with van der Waals surface area (Å²) in [5.41, 5.74) is 2.31. The molecule has 4 nitrogen and oxygen atoms in total. The maximum Gasteiger partial charge on any atom is 0.258 e. The molecular formula is C24H22N2O2S. The second-order valence-corrected chi connectivity index (χ2v) is 7.90. The van der Waals surface area contributed by atoms with Crippen molar-refractivity contribution in [3.05, 3.63) is 96.1 Å². The fraction of sp³-hybridized carbons (Fsp3) is 0.208. The lowest BCUT2D eigenvalue weighted by atomic mass is 9.74. The summed E-state index contributed by atoms with van der Waals surface area (Å²) in [5, 5.41) is 4.00. The summed E-state index contributed by atoms with van der Waals surface area (Å²) in [7, 11) is 1.68. The number of nitrogens with zero attached hydrogens (tertiary/aromatic N) is 1. The van der Waals surface area contributed by atoms with Gasteiger partial charge in [-0.2, -0.15) is 0 Å². The number of thiocarbonyl (C=S) groups is 1. The Morgan fingerprint density at radius 3 is 2.10 bits per heavy atom. The minimum atomic E-state index is -0.618. The third-order valence-electron chi connectivity index (χ3n) is 6.06. The Morgan fingerprint density at radius 2 is 1.48 bits per heavy atom. The Hall–Kier alpha value is -3.05. The molecule has 2 fully saturated rings. The van der Waals surface area contributed by atoms with Gasteiger partial charge in [0, 0.05) is 17.8 Å². The third-order valence-corrected chi connectivity index (χ3v) is 6.24. The quantitative estimate of drug-likeness (QED) is 0.661. The average Bonchev–Trinajstić information content (AvgIpc) is 3.25. The second-order valence-electron chi connectivity index (χ2n) is 7.53. The molecule has 1 N–H and O–H groups in total. The predicted molar refractivity (Wildman–Crippen MR) is 118 cm³/mol. The number of nitrogens with one attached hydrogen (secondary N) is 1. The van der Waals surface area contributed by atoms with Gasteiger partial charge in [0.15, 0.2) is 5.60 Å². The maximum absolute atomic E-state index is 6.47. The summed E-state index contributed by atoms with van der Waals surface area (Å²) in [6, 6.07) is 29.0. The van der Waals surface area contributed by atoms with Crippen LogP contribution in [0.15, 0.2) is 84.9 Å². The van der Waals surface area contributed by atoms with E-state index in [1.54, 1.807) is 7.11 Å². The summed E-state index contributed by atoms with van der Waals surface area (Å²) < 4.78 is 11.8. The van der Waals surface area contributed by atoms with Crippen LogP contribution in [0.25, 0.3) is 0 Å². The lowest BCUT2D eigenvalue weighted by Gasteiger charge is -2.36. The molecule has 0 bridgehead atoms. The first-order valence-electron chi connectivity index (χ1n) is 9.68. The Labute approximate surface area is 176 Å². The highest BCUT2D eigenvalue weighted by molar-refractivity contribution is 7.80. The standard InChI is InChI=1S/C24H22N2O2S/c1-27-21-14-12-20(13-15-21)26-16-23(18-8-4-2-5-9-18)24(17-26,28-22(29)25-23)19-10-6-3-7-11-19/h2-15H,16-17H2,1H3,(H,25,29)/t23-,24+/m1/s1. The van der Waals surface area contributed by atoms with Crippen LogP contribution in [0.2, 0.25) is 0 Å². The second kappa shape index (κ2) is 6.78. The molecule has 2 aliphatic rings. The largest absolute Gasteiger partial charge is 0.497 e. The van der Waals surface area contributed by atoms with Gasteiger partial charge in [-0.15, -0.1) is 0 Å². The normalized spacial score (nSPS) is 25.3. The summed E-state index contributed by atoms with van der Waals surface area (Å²) >= 11 is 5.54. The van der Waals surface area contributed by atoms with Gasteiger partial charge in [-0.25, -0.2) is 0 Å². The fourth-order valence-electron chi connectivity index (χ4n) is 4.69. The van der Waals surface area contributed by atoms with Crippen molar-refractivity contribution in [2.75, 3.05) is 25.1 Å². The molecular weight excluding hydrogens is 380 g/mol. The van der Waals surface area contributed by atoms with Crippen LogP contribution in [-0.4, -0.2) is 25.4 Å². The van der Waals surface area contributed by atoms with E-state index in [0.717, 1.165) is 23.5 Å². The Balaban J connectivity index is 1.67. The van der Waals surface area contributed by atoms with Crippen molar-refractivity contribution in [3.8, 4) is 5.75 Å². The van der Waals surface area contributed by atoms with Gasteiger partial charge in [0.05, 0.1) is 13.7 Å². The van der Waals surface area contributed by atoms with Crippen molar-refractivity contribution in [3.63, 3.8) is 0 Å². The van der Waals surface area contributed by atoms with E-state index in [1.165, 1.54) is 5.56 Å². The molecule has 0 aliphatic carbocycles. The Morgan fingerprint density at radius 1 is 0.862 bits per heavy atom. The Bertz CT molecular complexity index is 966. The Kier molecular flexibility index (Phi) is 4.21. The maximum atomic E-state index is 6.47. The number of benzene rings is 3. The molecule has 0 unspecified atom stereocenters. The summed E-state index contributed by atoms with van der Waals surface area (Å²) in [6.07, 6.45) is 0. The van der Waals surface area contributed by atoms with Crippen LogP contribution in [0.1, 0.15) is 11.1 Å². The van der Waals surface area contributed by atoms with Gasteiger partial charge < -0.3 is 19.7 Å². The minimum absolute atomic E-state index is 0.451. The molecule has 5 heteroatoms. The SMILES string of the molecule is COc1ccc(N2C[C@@]3(c4ccccc4)OC(=S)N[C@@]3(c3ccccc3)C2)cc1. The zero-order valence-electron chi connectivity index (χ0n) is 16.2. The molecule has 2 aliphatic heterocycles. The van der Waals surface area contributed by atoms with Gasteiger partial charge in [-0.3, -0.25) is 0 Å². The van der Waals surface area contributed by atoms with Gasteiger partial charge in [0.25, 0.3) is 5.17 Å². The molecule has 5 rings (SSSR count). The molecule has 0 saturated carbocycles. The topological polar surface area (TPSA) is 33.7 Å². The summed E-state index contributed by atoms with van der Waals surface area (Å²) in [6.45, 7) is 1.42. The molecule has 0 amide bonds.